The molecule has 3 rings (SSSR count). The summed E-state index contributed by atoms with van der Waals surface area (Å²) < 4.78 is 0. The molecule has 2 fully saturated rings. The number of aromatic nitrogens is 1. The van der Waals surface area contributed by atoms with E-state index in [0.717, 1.165) is 19.0 Å². The third kappa shape index (κ3) is 2.43. The van der Waals surface area contributed by atoms with Crippen molar-refractivity contribution in [1.29, 1.82) is 0 Å². The van der Waals surface area contributed by atoms with Crippen LogP contribution in [-0.2, 0) is 5.41 Å². The highest BCUT2D eigenvalue weighted by Gasteiger charge is 2.57. The predicted molar refractivity (Wildman–Crippen MR) is 79.1 cm³/mol. The van der Waals surface area contributed by atoms with E-state index < -0.39 is 0 Å². The fraction of sp³-hybridized carbons (Fsp3) is 0.706. The van der Waals surface area contributed by atoms with E-state index >= 15 is 0 Å². The zero-order valence-corrected chi connectivity index (χ0v) is 12.3. The van der Waals surface area contributed by atoms with Gasteiger partial charge in [0.1, 0.15) is 0 Å². The van der Waals surface area contributed by atoms with Crippen molar-refractivity contribution in [2.75, 3.05) is 13.1 Å². The van der Waals surface area contributed by atoms with Crippen molar-refractivity contribution in [3.63, 3.8) is 0 Å². The van der Waals surface area contributed by atoms with E-state index in [0.29, 0.717) is 10.8 Å². The Morgan fingerprint density at radius 1 is 1.32 bits per heavy atom. The second-order valence-corrected chi connectivity index (χ2v) is 7.25. The Morgan fingerprint density at radius 2 is 2.11 bits per heavy atom. The SMILES string of the molecule is CC(C)CNCC1(c2cccnc2)CC2(CCC2)C1. The van der Waals surface area contributed by atoms with E-state index in [4.69, 9.17) is 0 Å². The van der Waals surface area contributed by atoms with Crippen molar-refractivity contribution in [2.24, 2.45) is 11.3 Å². The van der Waals surface area contributed by atoms with E-state index in [1.807, 2.05) is 6.20 Å². The topological polar surface area (TPSA) is 24.9 Å². The molecule has 0 aromatic carbocycles. The summed E-state index contributed by atoms with van der Waals surface area (Å²) in [6.45, 7) is 6.80. The van der Waals surface area contributed by atoms with Gasteiger partial charge in [-0.25, -0.2) is 0 Å². The van der Waals surface area contributed by atoms with Crippen LogP contribution in [0.4, 0.5) is 0 Å². The molecule has 0 bridgehead atoms. The largest absolute Gasteiger partial charge is 0.316 e. The van der Waals surface area contributed by atoms with Gasteiger partial charge in [0.2, 0.25) is 0 Å². The molecule has 0 atom stereocenters. The van der Waals surface area contributed by atoms with Gasteiger partial charge < -0.3 is 5.32 Å². The summed E-state index contributed by atoms with van der Waals surface area (Å²) in [7, 11) is 0. The number of pyridine rings is 1. The van der Waals surface area contributed by atoms with E-state index in [1.165, 1.54) is 37.7 Å². The molecule has 19 heavy (non-hydrogen) atoms. The first-order chi connectivity index (χ1) is 9.14. The van der Waals surface area contributed by atoms with Crippen molar-refractivity contribution in [1.82, 2.24) is 10.3 Å². The summed E-state index contributed by atoms with van der Waals surface area (Å²) in [6.07, 6.45) is 11.1. The molecule has 1 spiro atoms. The maximum Gasteiger partial charge on any atom is 0.0306 e. The lowest BCUT2D eigenvalue weighted by atomic mass is 9.44. The Balaban J connectivity index is 1.70. The smallest absolute Gasteiger partial charge is 0.0306 e. The summed E-state index contributed by atoms with van der Waals surface area (Å²) in [4.78, 5) is 4.34. The highest BCUT2D eigenvalue weighted by Crippen LogP contribution is 2.64. The molecule has 2 saturated carbocycles. The molecule has 0 radical (unpaired) electrons. The van der Waals surface area contributed by atoms with Crippen LogP contribution < -0.4 is 5.32 Å². The van der Waals surface area contributed by atoms with Gasteiger partial charge in [0.15, 0.2) is 0 Å². The minimum absolute atomic E-state index is 0.365. The van der Waals surface area contributed by atoms with Crippen LogP contribution in [0, 0.1) is 11.3 Å². The molecular formula is C17H26N2. The summed E-state index contributed by atoms with van der Waals surface area (Å²) in [6, 6.07) is 4.36. The highest BCUT2D eigenvalue weighted by molar-refractivity contribution is 5.30. The fourth-order valence-corrected chi connectivity index (χ4v) is 4.12. The van der Waals surface area contributed by atoms with E-state index in [9.17, 15) is 0 Å². The molecule has 0 unspecified atom stereocenters. The van der Waals surface area contributed by atoms with Gasteiger partial charge in [0.25, 0.3) is 0 Å². The van der Waals surface area contributed by atoms with E-state index in [2.05, 4.69) is 42.5 Å². The molecule has 0 aliphatic heterocycles. The second kappa shape index (κ2) is 4.90. The van der Waals surface area contributed by atoms with Gasteiger partial charge in [-0.1, -0.05) is 26.3 Å². The van der Waals surface area contributed by atoms with E-state index in [1.54, 1.807) is 0 Å². The van der Waals surface area contributed by atoms with Crippen LogP contribution in [0.15, 0.2) is 24.5 Å². The molecule has 1 aromatic heterocycles. The maximum absolute atomic E-state index is 4.34. The third-order valence-electron chi connectivity index (χ3n) is 5.13. The third-order valence-corrected chi connectivity index (χ3v) is 5.13. The quantitative estimate of drug-likeness (QED) is 0.874. The Labute approximate surface area is 117 Å². The number of nitrogens with zero attached hydrogens (tertiary/aromatic N) is 1. The fourth-order valence-electron chi connectivity index (χ4n) is 4.12. The Kier molecular flexibility index (Phi) is 3.38. The average molecular weight is 258 g/mol. The van der Waals surface area contributed by atoms with Crippen molar-refractivity contribution in [3.8, 4) is 0 Å². The van der Waals surface area contributed by atoms with Gasteiger partial charge in [-0.05, 0) is 55.2 Å². The van der Waals surface area contributed by atoms with Crippen molar-refractivity contribution >= 4 is 0 Å². The number of hydrogen-bond donors (Lipinski definition) is 1. The zero-order chi connectivity index (χ0) is 13.3. The molecule has 104 valence electrons. The molecule has 1 heterocycles. The van der Waals surface area contributed by atoms with Crippen LogP contribution >= 0.6 is 0 Å². The molecule has 2 heteroatoms. The van der Waals surface area contributed by atoms with Crippen molar-refractivity contribution in [3.05, 3.63) is 30.1 Å². The predicted octanol–water partition coefficient (Wildman–Crippen LogP) is 3.53. The van der Waals surface area contributed by atoms with Gasteiger partial charge in [0.05, 0.1) is 0 Å². The Morgan fingerprint density at radius 3 is 2.63 bits per heavy atom. The molecule has 0 amide bonds. The van der Waals surface area contributed by atoms with Gasteiger partial charge in [0, 0.05) is 24.4 Å². The summed E-state index contributed by atoms with van der Waals surface area (Å²) in [5, 5.41) is 3.68. The van der Waals surface area contributed by atoms with Crippen molar-refractivity contribution < 1.29 is 0 Å². The molecule has 2 aliphatic carbocycles. The lowest BCUT2D eigenvalue weighted by Crippen LogP contribution is -2.57. The molecule has 0 saturated heterocycles. The van der Waals surface area contributed by atoms with Crippen LogP contribution in [-0.4, -0.2) is 18.1 Å². The van der Waals surface area contributed by atoms with Crippen LogP contribution in [0.25, 0.3) is 0 Å². The van der Waals surface area contributed by atoms with E-state index in [-0.39, 0.29) is 0 Å². The normalized spacial score (nSPS) is 23.1. The van der Waals surface area contributed by atoms with Gasteiger partial charge in [-0.3, -0.25) is 4.98 Å². The molecule has 1 aromatic rings. The summed E-state index contributed by atoms with van der Waals surface area (Å²) in [5.41, 5.74) is 2.52. The van der Waals surface area contributed by atoms with Gasteiger partial charge in [-0.15, -0.1) is 0 Å². The number of nitrogens with one attached hydrogen (secondary N) is 1. The summed E-state index contributed by atoms with van der Waals surface area (Å²) in [5.74, 6) is 0.726. The average Bonchev–Trinajstić information content (AvgIpc) is 2.31. The minimum Gasteiger partial charge on any atom is -0.316 e. The molecule has 2 aliphatic rings. The second-order valence-electron chi connectivity index (χ2n) is 7.25. The first-order valence-corrected chi connectivity index (χ1v) is 7.76. The van der Waals surface area contributed by atoms with Gasteiger partial charge in [-0.2, -0.15) is 0 Å². The molecular weight excluding hydrogens is 232 g/mol. The number of hydrogen-bond acceptors (Lipinski definition) is 2. The molecule has 2 nitrogen and oxygen atoms in total. The minimum atomic E-state index is 0.365. The Hall–Kier alpha value is -0.890. The van der Waals surface area contributed by atoms with Gasteiger partial charge >= 0.3 is 0 Å². The monoisotopic (exact) mass is 258 g/mol. The lowest BCUT2D eigenvalue weighted by Gasteiger charge is -2.61. The standard InChI is InChI=1S/C17H26N2/c1-14(2)9-19-13-17(15-5-3-8-18-10-15)11-16(12-17)6-4-7-16/h3,5,8,10,14,19H,4,6-7,9,11-13H2,1-2H3. The zero-order valence-electron chi connectivity index (χ0n) is 12.3. The lowest BCUT2D eigenvalue weighted by molar-refractivity contribution is -0.0485. The first-order valence-electron chi connectivity index (χ1n) is 7.76. The van der Waals surface area contributed by atoms with Crippen LogP contribution in [0.1, 0.15) is 51.5 Å². The van der Waals surface area contributed by atoms with Crippen LogP contribution in [0.2, 0.25) is 0 Å². The highest BCUT2D eigenvalue weighted by atomic mass is 14.9. The van der Waals surface area contributed by atoms with Crippen molar-refractivity contribution in [2.45, 2.75) is 51.4 Å². The number of rotatable bonds is 5. The Bertz CT molecular complexity index is 412. The van der Waals surface area contributed by atoms with Crippen LogP contribution in [0.3, 0.4) is 0 Å². The summed E-state index contributed by atoms with van der Waals surface area (Å²) >= 11 is 0. The van der Waals surface area contributed by atoms with Crippen LogP contribution in [0.5, 0.6) is 0 Å². The molecule has 1 N–H and O–H groups in total. The first kappa shape index (κ1) is 13.1. The maximum atomic E-state index is 4.34.